The van der Waals surface area contributed by atoms with Gasteiger partial charge in [0.1, 0.15) is 17.6 Å². The first-order valence-electron chi connectivity index (χ1n) is 8.97. The standard InChI is InChI=1S/C21H20ClF2N3O2/c1-14-19(20(22)27(25-14)13-15-7-9-16(23)10-8-15)21(28)26(2)11-12-29-18-6-4-3-5-17(18)24/h3-10H,11-13H2,1-2H3. The van der Waals surface area contributed by atoms with Crippen LogP contribution in [0.1, 0.15) is 21.6 Å². The molecule has 0 radical (unpaired) electrons. The summed E-state index contributed by atoms with van der Waals surface area (Å²) in [5.74, 6) is -0.960. The molecule has 2 aromatic carbocycles. The van der Waals surface area contributed by atoms with Crippen molar-refractivity contribution in [1.29, 1.82) is 0 Å². The molecule has 3 rings (SSSR count). The number of hydrogen-bond donors (Lipinski definition) is 0. The average molecular weight is 420 g/mol. The van der Waals surface area contributed by atoms with Gasteiger partial charge in [-0.25, -0.2) is 13.5 Å². The van der Waals surface area contributed by atoms with Crippen molar-refractivity contribution in [3.8, 4) is 5.75 Å². The lowest BCUT2D eigenvalue weighted by atomic mass is 10.2. The Morgan fingerprint density at radius 3 is 2.55 bits per heavy atom. The van der Waals surface area contributed by atoms with Crippen molar-refractivity contribution in [3.63, 3.8) is 0 Å². The van der Waals surface area contributed by atoms with Gasteiger partial charge in [-0.1, -0.05) is 35.9 Å². The summed E-state index contributed by atoms with van der Waals surface area (Å²) in [5.41, 5.74) is 1.59. The molecule has 0 atom stereocenters. The molecule has 1 heterocycles. The molecular formula is C21H20ClF2N3O2. The fraction of sp³-hybridized carbons (Fsp3) is 0.238. The van der Waals surface area contributed by atoms with E-state index in [2.05, 4.69) is 5.10 Å². The maximum absolute atomic E-state index is 13.6. The van der Waals surface area contributed by atoms with Gasteiger partial charge in [-0.05, 0) is 36.8 Å². The largest absolute Gasteiger partial charge is 0.489 e. The van der Waals surface area contributed by atoms with E-state index in [0.29, 0.717) is 17.8 Å². The van der Waals surface area contributed by atoms with Crippen molar-refractivity contribution in [2.24, 2.45) is 0 Å². The molecule has 1 aromatic heterocycles. The summed E-state index contributed by atoms with van der Waals surface area (Å²) in [4.78, 5) is 14.3. The van der Waals surface area contributed by atoms with Gasteiger partial charge < -0.3 is 9.64 Å². The number of carbonyl (C=O) groups is 1. The Labute approximate surface area is 172 Å². The third kappa shape index (κ3) is 4.92. The Morgan fingerprint density at radius 2 is 1.86 bits per heavy atom. The molecule has 8 heteroatoms. The molecule has 0 fully saturated rings. The van der Waals surface area contributed by atoms with Gasteiger partial charge in [0.05, 0.1) is 24.3 Å². The van der Waals surface area contributed by atoms with Crippen molar-refractivity contribution < 1.29 is 18.3 Å². The van der Waals surface area contributed by atoms with E-state index in [9.17, 15) is 13.6 Å². The van der Waals surface area contributed by atoms with Gasteiger partial charge >= 0.3 is 0 Å². The first kappa shape index (κ1) is 20.8. The second-order valence-corrected chi connectivity index (χ2v) is 6.90. The van der Waals surface area contributed by atoms with Crippen LogP contribution in [-0.4, -0.2) is 40.8 Å². The second kappa shape index (κ2) is 9.05. The number of ether oxygens (including phenoxy) is 1. The topological polar surface area (TPSA) is 47.4 Å². The van der Waals surface area contributed by atoms with Crippen LogP contribution in [0.4, 0.5) is 8.78 Å². The van der Waals surface area contributed by atoms with Crippen LogP contribution in [0.5, 0.6) is 5.75 Å². The summed E-state index contributed by atoms with van der Waals surface area (Å²) in [5, 5.41) is 4.54. The summed E-state index contributed by atoms with van der Waals surface area (Å²) in [7, 11) is 1.61. The number of amides is 1. The molecule has 0 bridgehead atoms. The SMILES string of the molecule is Cc1nn(Cc2ccc(F)cc2)c(Cl)c1C(=O)N(C)CCOc1ccccc1F. The second-order valence-electron chi connectivity index (χ2n) is 6.54. The lowest BCUT2D eigenvalue weighted by molar-refractivity contribution is 0.0772. The Balaban J connectivity index is 1.66. The van der Waals surface area contributed by atoms with Gasteiger partial charge in [0.15, 0.2) is 11.6 Å². The van der Waals surface area contributed by atoms with E-state index in [-0.39, 0.29) is 35.8 Å². The Morgan fingerprint density at radius 1 is 1.17 bits per heavy atom. The molecule has 0 aliphatic heterocycles. The number of benzene rings is 2. The normalized spacial score (nSPS) is 10.8. The fourth-order valence-corrected chi connectivity index (χ4v) is 3.13. The van der Waals surface area contributed by atoms with Crippen molar-refractivity contribution in [2.45, 2.75) is 13.5 Å². The zero-order valence-corrected chi connectivity index (χ0v) is 16.8. The maximum Gasteiger partial charge on any atom is 0.258 e. The predicted molar refractivity (Wildman–Crippen MR) is 106 cm³/mol. The minimum atomic E-state index is -0.456. The van der Waals surface area contributed by atoms with E-state index < -0.39 is 5.82 Å². The summed E-state index contributed by atoms with van der Waals surface area (Å²) in [6, 6.07) is 12.1. The molecule has 0 spiro atoms. The minimum Gasteiger partial charge on any atom is -0.489 e. The van der Waals surface area contributed by atoms with Gasteiger partial charge in [-0.15, -0.1) is 0 Å². The summed E-state index contributed by atoms with van der Waals surface area (Å²) >= 11 is 6.40. The van der Waals surface area contributed by atoms with E-state index in [1.54, 1.807) is 38.2 Å². The number of halogens is 3. The van der Waals surface area contributed by atoms with E-state index in [0.717, 1.165) is 5.56 Å². The molecule has 3 aromatic rings. The summed E-state index contributed by atoms with van der Waals surface area (Å²) in [6.07, 6.45) is 0. The molecule has 5 nitrogen and oxygen atoms in total. The quantitative estimate of drug-likeness (QED) is 0.573. The lowest BCUT2D eigenvalue weighted by Crippen LogP contribution is -2.31. The highest BCUT2D eigenvalue weighted by molar-refractivity contribution is 6.33. The summed E-state index contributed by atoms with van der Waals surface area (Å²) in [6.45, 7) is 2.38. The number of hydrogen-bond acceptors (Lipinski definition) is 3. The number of aromatic nitrogens is 2. The number of aryl methyl sites for hydroxylation is 1. The van der Waals surface area contributed by atoms with E-state index in [4.69, 9.17) is 16.3 Å². The molecule has 152 valence electrons. The highest BCUT2D eigenvalue weighted by Crippen LogP contribution is 2.23. The van der Waals surface area contributed by atoms with Crippen LogP contribution in [0, 0.1) is 18.6 Å². The van der Waals surface area contributed by atoms with E-state index in [1.165, 1.54) is 33.8 Å². The third-order valence-electron chi connectivity index (χ3n) is 4.39. The minimum absolute atomic E-state index is 0.129. The highest BCUT2D eigenvalue weighted by Gasteiger charge is 2.23. The monoisotopic (exact) mass is 419 g/mol. The molecule has 0 saturated heterocycles. The van der Waals surface area contributed by atoms with Gasteiger partial charge in [0.2, 0.25) is 0 Å². The highest BCUT2D eigenvalue weighted by atomic mass is 35.5. The Bertz CT molecular complexity index is 1010. The first-order valence-corrected chi connectivity index (χ1v) is 9.34. The molecule has 0 aliphatic rings. The van der Waals surface area contributed by atoms with Crippen molar-refractivity contribution in [1.82, 2.24) is 14.7 Å². The predicted octanol–water partition coefficient (Wildman–Crippen LogP) is 4.32. The first-order chi connectivity index (χ1) is 13.9. The third-order valence-corrected chi connectivity index (χ3v) is 4.78. The van der Waals surface area contributed by atoms with Gasteiger partial charge in [-0.3, -0.25) is 4.79 Å². The van der Waals surface area contributed by atoms with Crippen LogP contribution in [0.2, 0.25) is 5.15 Å². The number of carbonyl (C=O) groups excluding carboxylic acids is 1. The lowest BCUT2D eigenvalue weighted by Gasteiger charge is -2.17. The van der Waals surface area contributed by atoms with E-state index >= 15 is 0 Å². The number of para-hydroxylation sites is 1. The molecule has 0 N–H and O–H groups in total. The van der Waals surface area contributed by atoms with Crippen LogP contribution in [0.25, 0.3) is 0 Å². The number of nitrogens with zero attached hydrogens (tertiary/aromatic N) is 3. The van der Waals surface area contributed by atoms with E-state index in [1.807, 2.05) is 0 Å². The van der Waals surface area contributed by atoms with Crippen LogP contribution in [0.15, 0.2) is 48.5 Å². The average Bonchev–Trinajstić information content (AvgIpc) is 2.97. The Kier molecular flexibility index (Phi) is 6.49. The van der Waals surface area contributed by atoms with Crippen molar-refractivity contribution in [3.05, 3.63) is 82.1 Å². The summed E-state index contributed by atoms with van der Waals surface area (Å²) < 4.78 is 33.6. The van der Waals surface area contributed by atoms with Crippen molar-refractivity contribution >= 4 is 17.5 Å². The zero-order chi connectivity index (χ0) is 21.0. The molecule has 0 unspecified atom stereocenters. The van der Waals surface area contributed by atoms with Crippen LogP contribution >= 0.6 is 11.6 Å². The molecule has 0 saturated carbocycles. The maximum atomic E-state index is 13.6. The van der Waals surface area contributed by atoms with Gasteiger partial charge in [0, 0.05) is 7.05 Å². The van der Waals surface area contributed by atoms with Crippen molar-refractivity contribution in [2.75, 3.05) is 20.2 Å². The van der Waals surface area contributed by atoms with Crippen LogP contribution in [-0.2, 0) is 6.54 Å². The van der Waals surface area contributed by atoms with Gasteiger partial charge in [-0.2, -0.15) is 5.10 Å². The molecule has 1 amide bonds. The molecule has 0 aliphatic carbocycles. The zero-order valence-electron chi connectivity index (χ0n) is 16.0. The Hall–Kier alpha value is -2.93. The van der Waals surface area contributed by atoms with Gasteiger partial charge in [0.25, 0.3) is 5.91 Å². The molecule has 29 heavy (non-hydrogen) atoms. The fourth-order valence-electron chi connectivity index (χ4n) is 2.81. The smallest absolute Gasteiger partial charge is 0.258 e. The number of rotatable bonds is 7. The van der Waals surface area contributed by atoms with Crippen LogP contribution < -0.4 is 4.74 Å². The van der Waals surface area contributed by atoms with Crippen LogP contribution in [0.3, 0.4) is 0 Å². The molecular weight excluding hydrogens is 400 g/mol. The number of likely N-dealkylation sites (N-methyl/N-ethyl adjacent to an activating group) is 1.